The first kappa shape index (κ1) is 12.4. The molecule has 4 nitrogen and oxygen atoms in total. The lowest BCUT2D eigenvalue weighted by atomic mass is 10.1. The van der Waals surface area contributed by atoms with Crippen LogP contribution in [0.2, 0.25) is 0 Å². The zero-order valence-corrected chi connectivity index (χ0v) is 11.1. The molecular weight excluding hydrogens is 236 g/mol. The van der Waals surface area contributed by atoms with E-state index in [9.17, 15) is 0 Å². The molecule has 3 rings (SSSR count). The molecule has 0 aliphatic carbocycles. The Morgan fingerprint density at radius 1 is 1.16 bits per heavy atom. The van der Waals surface area contributed by atoms with Crippen molar-refractivity contribution in [1.29, 1.82) is 0 Å². The van der Waals surface area contributed by atoms with Crippen molar-refractivity contribution >= 4 is 16.7 Å². The van der Waals surface area contributed by atoms with Gasteiger partial charge in [0.1, 0.15) is 5.82 Å². The topological polar surface area (TPSA) is 54.2 Å². The number of likely N-dealkylation sites (tertiary alicyclic amines) is 1. The van der Waals surface area contributed by atoms with E-state index in [0.29, 0.717) is 0 Å². The Morgan fingerprint density at radius 2 is 1.95 bits per heavy atom. The van der Waals surface area contributed by atoms with Gasteiger partial charge in [-0.05, 0) is 38.1 Å². The fourth-order valence-corrected chi connectivity index (χ4v) is 2.76. The third kappa shape index (κ3) is 2.69. The molecule has 1 aliphatic rings. The predicted octanol–water partition coefficient (Wildman–Crippen LogP) is 2.51. The number of nitrogens with two attached hydrogens (primary N) is 1. The van der Waals surface area contributed by atoms with Crippen molar-refractivity contribution in [2.75, 3.05) is 18.5 Å². The number of nitrogens with one attached hydrogen (secondary N) is 1. The molecule has 0 spiro atoms. The van der Waals surface area contributed by atoms with E-state index in [1.165, 1.54) is 43.3 Å². The summed E-state index contributed by atoms with van der Waals surface area (Å²) in [5.41, 5.74) is 4.91. The Labute approximate surface area is 113 Å². The van der Waals surface area contributed by atoms with E-state index in [4.69, 9.17) is 5.84 Å². The van der Waals surface area contributed by atoms with E-state index in [1.54, 1.807) is 0 Å². The molecule has 0 radical (unpaired) electrons. The van der Waals surface area contributed by atoms with Crippen molar-refractivity contribution in [3.8, 4) is 0 Å². The van der Waals surface area contributed by atoms with E-state index in [-0.39, 0.29) is 0 Å². The van der Waals surface area contributed by atoms with Crippen molar-refractivity contribution in [3.05, 3.63) is 35.9 Å². The highest BCUT2D eigenvalue weighted by Gasteiger charge is 2.13. The number of pyridine rings is 1. The summed E-state index contributed by atoms with van der Waals surface area (Å²) in [7, 11) is 0. The number of fused-ring (bicyclic) bond motifs is 1. The van der Waals surface area contributed by atoms with Gasteiger partial charge in [-0.15, -0.1) is 0 Å². The summed E-state index contributed by atoms with van der Waals surface area (Å²) in [5.74, 6) is 6.41. The van der Waals surface area contributed by atoms with Crippen molar-refractivity contribution in [2.45, 2.75) is 25.8 Å². The first-order valence-electron chi connectivity index (χ1n) is 6.94. The lowest BCUT2D eigenvalue weighted by Crippen LogP contribution is -2.29. The van der Waals surface area contributed by atoms with Gasteiger partial charge in [-0.2, -0.15) is 0 Å². The minimum atomic E-state index is 0.796. The zero-order chi connectivity index (χ0) is 13.1. The van der Waals surface area contributed by atoms with Crippen LogP contribution < -0.4 is 11.3 Å². The molecule has 1 saturated heterocycles. The monoisotopic (exact) mass is 256 g/mol. The SMILES string of the molecule is NNc1nc2ccccc2cc1CN1CCCCC1. The van der Waals surface area contributed by atoms with Crippen molar-refractivity contribution in [3.63, 3.8) is 0 Å². The van der Waals surface area contributed by atoms with Gasteiger partial charge in [-0.25, -0.2) is 10.8 Å². The molecule has 2 heterocycles. The molecule has 1 fully saturated rings. The first-order valence-corrected chi connectivity index (χ1v) is 6.94. The summed E-state index contributed by atoms with van der Waals surface area (Å²) >= 11 is 0. The Balaban J connectivity index is 1.91. The minimum absolute atomic E-state index is 0.796. The van der Waals surface area contributed by atoms with E-state index < -0.39 is 0 Å². The normalized spacial score (nSPS) is 16.7. The van der Waals surface area contributed by atoms with E-state index in [2.05, 4.69) is 27.4 Å². The Bertz CT molecular complexity index is 561. The molecule has 1 aromatic heterocycles. The summed E-state index contributed by atoms with van der Waals surface area (Å²) in [6.07, 6.45) is 3.95. The van der Waals surface area contributed by atoms with Gasteiger partial charge in [0.25, 0.3) is 0 Å². The van der Waals surface area contributed by atoms with Crippen LogP contribution in [0.4, 0.5) is 5.82 Å². The lowest BCUT2D eigenvalue weighted by Gasteiger charge is -2.27. The molecule has 0 amide bonds. The quantitative estimate of drug-likeness (QED) is 0.654. The molecule has 4 heteroatoms. The van der Waals surface area contributed by atoms with Crippen LogP contribution in [-0.4, -0.2) is 23.0 Å². The molecule has 0 bridgehead atoms. The van der Waals surface area contributed by atoms with Gasteiger partial charge in [-0.3, -0.25) is 4.90 Å². The summed E-state index contributed by atoms with van der Waals surface area (Å²) in [4.78, 5) is 7.08. The number of nitrogen functional groups attached to an aromatic ring is 1. The second kappa shape index (κ2) is 5.55. The number of rotatable bonds is 3. The van der Waals surface area contributed by atoms with Crippen LogP contribution in [0.25, 0.3) is 10.9 Å². The minimum Gasteiger partial charge on any atom is -0.308 e. The number of hydrogen-bond donors (Lipinski definition) is 2. The maximum absolute atomic E-state index is 5.62. The van der Waals surface area contributed by atoms with Crippen LogP contribution in [0, 0.1) is 0 Å². The summed E-state index contributed by atoms with van der Waals surface area (Å²) in [6.45, 7) is 3.28. The highest BCUT2D eigenvalue weighted by atomic mass is 15.3. The van der Waals surface area contributed by atoms with Crippen molar-refractivity contribution < 1.29 is 0 Å². The number of aromatic nitrogens is 1. The fourth-order valence-electron chi connectivity index (χ4n) is 2.76. The highest BCUT2D eigenvalue weighted by Crippen LogP contribution is 2.22. The van der Waals surface area contributed by atoms with Crippen LogP contribution in [0.1, 0.15) is 24.8 Å². The maximum Gasteiger partial charge on any atom is 0.145 e. The Morgan fingerprint density at radius 3 is 2.74 bits per heavy atom. The van der Waals surface area contributed by atoms with Crippen LogP contribution in [0.3, 0.4) is 0 Å². The molecule has 1 aliphatic heterocycles. The van der Waals surface area contributed by atoms with Crippen LogP contribution in [-0.2, 0) is 6.54 Å². The highest BCUT2D eigenvalue weighted by molar-refractivity contribution is 5.81. The number of benzene rings is 1. The molecule has 0 saturated carbocycles. The van der Waals surface area contributed by atoms with E-state index >= 15 is 0 Å². The first-order chi connectivity index (χ1) is 9.36. The van der Waals surface area contributed by atoms with Gasteiger partial charge in [0.2, 0.25) is 0 Å². The average molecular weight is 256 g/mol. The Hall–Kier alpha value is -1.65. The van der Waals surface area contributed by atoms with Gasteiger partial charge in [0.15, 0.2) is 0 Å². The van der Waals surface area contributed by atoms with Crippen molar-refractivity contribution in [1.82, 2.24) is 9.88 Å². The zero-order valence-electron chi connectivity index (χ0n) is 11.1. The van der Waals surface area contributed by atoms with Crippen molar-refractivity contribution in [2.24, 2.45) is 5.84 Å². The predicted molar refractivity (Wildman–Crippen MR) is 78.7 cm³/mol. The second-order valence-corrected chi connectivity index (χ2v) is 5.17. The van der Waals surface area contributed by atoms with Crippen LogP contribution in [0.5, 0.6) is 0 Å². The maximum atomic E-state index is 5.62. The summed E-state index contributed by atoms with van der Waals surface area (Å²) in [5, 5.41) is 1.17. The largest absolute Gasteiger partial charge is 0.308 e. The lowest BCUT2D eigenvalue weighted by molar-refractivity contribution is 0.221. The second-order valence-electron chi connectivity index (χ2n) is 5.17. The van der Waals surface area contributed by atoms with Gasteiger partial charge >= 0.3 is 0 Å². The summed E-state index contributed by atoms with van der Waals surface area (Å²) in [6, 6.07) is 10.4. The molecular formula is C15H20N4. The smallest absolute Gasteiger partial charge is 0.145 e. The standard InChI is InChI=1S/C15H20N4/c16-18-15-13(11-19-8-4-1-5-9-19)10-12-6-2-3-7-14(12)17-15/h2-3,6-7,10H,1,4-5,8-9,11,16H2,(H,17,18). The van der Waals surface area contributed by atoms with Gasteiger partial charge in [0.05, 0.1) is 5.52 Å². The third-order valence-electron chi connectivity index (χ3n) is 3.78. The number of para-hydroxylation sites is 1. The molecule has 100 valence electrons. The molecule has 2 aromatic rings. The molecule has 0 atom stereocenters. The molecule has 1 aromatic carbocycles. The Kier molecular flexibility index (Phi) is 3.62. The number of piperidine rings is 1. The average Bonchev–Trinajstić information content (AvgIpc) is 2.47. The molecule has 19 heavy (non-hydrogen) atoms. The van der Waals surface area contributed by atoms with E-state index in [1.807, 2.05) is 18.2 Å². The number of anilines is 1. The van der Waals surface area contributed by atoms with Gasteiger partial charge < -0.3 is 5.43 Å². The third-order valence-corrected chi connectivity index (χ3v) is 3.78. The molecule has 3 N–H and O–H groups in total. The van der Waals surface area contributed by atoms with E-state index in [0.717, 1.165) is 17.9 Å². The van der Waals surface area contributed by atoms with Gasteiger partial charge in [0, 0.05) is 17.5 Å². The molecule has 0 unspecified atom stereocenters. The van der Waals surface area contributed by atoms with Crippen LogP contribution >= 0.6 is 0 Å². The number of hydrogen-bond acceptors (Lipinski definition) is 4. The number of hydrazine groups is 1. The van der Waals surface area contributed by atoms with Crippen LogP contribution in [0.15, 0.2) is 30.3 Å². The summed E-state index contributed by atoms with van der Waals surface area (Å²) < 4.78 is 0. The van der Waals surface area contributed by atoms with Gasteiger partial charge in [-0.1, -0.05) is 24.6 Å². The number of nitrogens with zero attached hydrogens (tertiary/aromatic N) is 2. The fraction of sp³-hybridized carbons (Fsp3) is 0.400.